The summed E-state index contributed by atoms with van der Waals surface area (Å²) in [6.45, 7) is 7.55. The van der Waals surface area contributed by atoms with Gasteiger partial charge in [0, 0.05) is 12.6 Å². The lowest BCUT2D eigenvalue weighted by Gasteiger charge is -2.27. The van der Waals surface area contributed by atoms with Crippen molar-refractivity contribution in [3.8, 4) is 0 Å². The molecule has 0 saturated carbocycles. The van der Waals surface area contributed by atoms with Gasteiger partial charge in [0.05, 0.1) is 19.0 Å². The highest BCUT2D eigenvalue weighted by Gasteiger charge is 2.35. The summed E-state index contributed by atoms with van der Waals surface area (Å²) < 4.78 is 32.0. The van der Waals surface area contributed by atoms with Crippen molar-refractivity contribution < 1.29 is 33.5 Å². The number of nitrogens with one attached hydrogen (secondary N) is 2. The van der Waals surface area contributed by atoms with E-state index in [1.165, 1.54) is 17.0 Å². The van der Waals surface area contributed by atoms with E-state index in [2.05, 4.69) is 25.1 Å². The van der Waals surface area contributed by atoms with Gasteiger partial charge in [0.1, 0.15) is 30.0 Å². The lowest BCUT2D eigenvalue weighted by atomic mass is 10.3. The Morgan fingerprint density at radius 1 is 1.10 bits per heavy atom. The largest absolute Gasteiger partial charge is 0.471 e. The maximum atomic E-state index is 14.1. The fourth-order valence-corrected chi connectivity index (χ4v) is 6.42. The zero-order valence-electron chi connectivity index (χ0n) is 23.9. The molecule has 228 valence electrons. The molecule has 0 fully saturated rings. The fourth-order valence-electron chi connectivity index (χ4n) is 4.09. The number of fused-ring (bicyclic) bond motifs is 1. The topological polar surface area (TPSA) is 219 Å². The van der Waals surface area contributed by atoms with Gasteiger partial charge in [-0.25, -0.2) is 15.2 Å². The number of ether oxygens (including phenoxy) is 3. The molecular weight excluding hydrogens is 555 g/mol. The van der Waals surface area contributed by atoms with E-state index in [1.54, 1.807) is 13.8 Å². The van der Waals surface area contributed by atoms with Crippen molar-refractivity contribution in [3.05, 3.63) is 18.2 Å². The van der Waals surface area contributed by atoms with Crippen LogP contribution in [0.15, 0.2) is 18.2 Å². The van der Waals surface area contributed by atoms with Crippen LogP contribution in [-0.2, 0) is 28.4 Å². The molecule has 0 aromatic carbocycles. The number of aliphatic hydroxyl groups is 1. The molecule has 16 heteroatoms. The Labute approximate surface area is 238 Å². The number of anilines is 2. The summed E-state index contributed by atoms with van der Waals surface area (Å²) in [5, 5.41) is 16.4. The molecule has 4 atom stereocenters. The van der Waals surface area contributed by atoms with Gasteiger partial charge in [-0.05, 0) is 32.8 Å². The molecule has 0 amide bonds. The van der Waals surface area contributed by atoms with Gasteiger partial charge in [0.2, 0.25) is 19.6 Å². The first-order chi connectivity index (χ1) is 19.5. The van der Waals surface area contributed by atoms with Crippen LogP contribution in [0.5, 0.6) is 0 Å². The third-order valence-electron chi connectivity index (χ3n) is 6.33. The second-order valence-electron chi connectivity index (χ2n) is 9.88. The number of unbranched alkanes of at least 4 members (excludes halogenated alkanes) is 2. The number of imidazole rings is 1. The van der Waals surface area contributed by atoms with E-state index in [-0.39, 0.29) is 43.2 Å². The van der Waals surface area contributed by atoms with Gasteiger partial charge in [-0.1, -0.05) is 26.7 Å². The molecule has 0 bridgehead atoms. The monoisotopic (exact) mass is 596 g/mol. The van der Waals surface area contributed by atoms with Crippen LogP contribution in [-0.4, -0.2) is 74.1 Å². The summed E-state index contributed by atoms with van der Waals surface area (Å²) in [6, 6.07) is -1.84. The number of carbonyl (C=O) groups excluding carboxylic acids is 2. The third-order valence-corrected chi connectivity index (χ3v) is 8.79. The Balaban J connectivity index is 1.71. The van der Waals surface area contributed by atoms with Gasteiger partial charge < -0.3 is 30.8 Å². The van der Waals surface area contributed by atoms with Gasteiger partial charge in [-0.2, -0.15) is 9.97 Å². The summed E-state index contributed by atoms with van der Waals surface area (Å²) in [6.07, 6.45) is 4.07. The normalized spacial score (nSPS) is 18.5. The maximum absolute atomic E-state index is 14.1. The minimum atomic E-state index is -3.60. The molecule has 0 spiro atoms. The molecule has 0 aliphatic carbocycles. The van der Waals surface area contributed by atoms with E-state index < -0.39 is 43.8 Å². The molecule has 0 unspecified atom stereocenters. The molecule has 2 aromatic heterocycles. The van der Waals surface area contributed by atoms with Crippen molar-refractivity contribution in [1.29, 1.82) is 0 Å². The van der Waals surface area contributed by atoms with Crippen molar-refractivity contribution >= 4 is 42.3 Å². The number of aliphatic hydroxyl groups excluding tert-OH is 1. The van der Waals surface area contributed by atoms with E-state index >= 15 is 0 Å². The number of nitrogens with zero attached hydrogens (tertiary/aromatic N) is 4. The average molecular weight is 597 g/mol. The molecule has 3 heterocycles. The second kappa shape index (κ2) is 14.6. The summed E-state index contributed by atoms with van der Waals surface area (Å²) in [7, 11) is -3.60. The second-order valence-corrected chi connectivity index (χ2v) is 12.3. The van der Waals surface area contributed by atoms with Crippen LogP contribution >= 0.6 is 7.44 Å². The standard InChI is InChI=1S/C25H41N8O7P/c1-5-7-10-38-23(35)15(3)31-41(37,32-16(4)24(36)39-11-8-6-2)12-9-17-13-18(34)22(40-17)33-14-28-19-20(26)29-25(27)30-21(19)33/h13-16,18,22,34H,5-12H2,1-4H3,(H2,31,32,37)(H4,26,27,29,30)/t15-,16-,18+,22+/m0/s1. The fraction of sp³-hybridized carbons (Fsp3) is 0.640. The number of rotatable bonds is 16. The number of esters is 2. The molecule has 7 N–H and O–H groups in total. The molecule has 15 nitrogen and oxygen atoms in total. The molecule has 2 aromatic rings. The van der Waals surface area contributed by atoms with Crippen LogP contribution in [0.4, 0.5) is 11.8 Å². The van der Waals surface area contributed by atoms with Gasteiger partial charge in [0.25, 0.3) is 0 Å². The van der Waals surface area contributed by atoms with Crippen LogP contribution < -0.4 is 21.6 Å². The molecule has 3 rings (SSSR count). The van der Waals surface area contributed by atoms with Crippen LogP contribution in [0, 0.1) is 0 Å². The quantitative estimate of drug-likeness (QED) is 0.106. The molecule has 41 heavy (non-hydrogen) atoms. The van der Waals surface area contributed by atoms with Crippen molar-refractivity contribution in [2.75, 3.05) is 30.8 Å². The first-order valence-electron chi connectivity index (χ1n) is 13.8. The summed E-state index contributed by atoms with van der Waals surface area (Å²) >= 11 is 0. The van der Waals surface area contributed by atoms with Crippen LogP contribution in [0.25, 0.3) is 11.2 Å². The van der Waals surface area contributed by atoms with Gasteiger partial charge >= 0.3 is 11.9 Å². The van der Waals surface area contributed by atoms with E-state index in [1.807, 2.05) is 13.8 Å². The summed E-state index contributed by atoms with van der Waals surface area (Å²) in [5.41, 5.74) is 12.2. The van der Waals surface area contributed by atoms with Crippen LogP contribution in [0.3, 0.4) is 0 Å². The smallest absolute Gasteiger partial charge is 0.323 e. The lowest BCUT2D eigenvalue weighted by Crippen LogP contribution is -2.42. The highest BCUT2D eigenvalue weighted by Crippen LogP contribution is 2.41. The van der Waals surface area contributed by atoms with E-state index in [9.17, 15) is 19.3 Å². The number of carbonyl (C=O) groups is 2. The SMILES string of the molecule is CCCCOC(=O)[C@H](C)NP(=O)(CCC1=C[C@@H](O)[C@H](n2cnc3c(N)nc(N)nc32)O1)N[C@@H](C)C(=O)OCCCC. The Morgan fingerprint density at radius 2 is 1.68 bits per heavy atom. The van der Waals surface area contributed by atoms with Gasteiger partial charge in [-0.15, -0.1) is 0 Å². The lowest BCUT2D eigenvalue weighted by molar-refractivity contribution is -0.145. The summed E-state index contributed by atoms with van der Waals surface area (Å²) in [4.78, 5) is 37.2. The minimum absolute atomic E-state index is 0.0514. The molecule has 0 radical (unpaired) electrons. The van der Waals surface area contributed by atoms with Crippen molar-refractivity contribution in [2.45, 2.75) is 84.2 Å². The number of nitrogen functional groups attached to an aromatic ring is 2. The number of allylic oxidation sites excluding steroid dienone is 1. The Kier molecular flexibility index (Phi) is 11.5. The number of hydrogen-bond donors (Lipinski definition) is 5. The zero-order valence-corrected chi connectivity index (χ0v) is 24.8. The Morgan fingerprint density at radius 3 is 2.24 bits per heavy atom. The predicted octanol–water partition coefficient (Wildman–Crippen LogP) is 1.99. The minimum Gasteiger partial charge on any atom is -0.471 e. The van der Waals surface area contributed by atoms with Crippen LogP contribution in [0.2, 0.25) is 0 Å². The summed E-state index contributed by atoms with van der Waals surface area (Å²) in [5.74, 6) is -0.731. The van der Waals surface area contributed by atoms with E-state index in [0.717, 1.165) is 12.8 Å². The predicted molar refractivity (Wildman–Crippen MR) is 152 cm³/mol. The van der Waals surface area contributed by atoms with Crippen molar-refractivity contribution in [3.63, 3.8) is 0 Å². The first-order valence-corrected chi connectivity index (χ1v) is 15.7. The third kappa shape index (κ3) is 8.62. The number of aromatic nitrogens is 4. The molecule has 1 aliphatic rings. The highest BCUT2D eigenvalue weighted by molar-refractivity contribution is 7.59. The van der Waals surface area contributed by atoms with Gasteiger partial charge in [0.15, 0.2) is 11.5 Å². The average Bonchev–Trinajstić information content (AvgIpc) is 3.50. The Bertz CT molecular complexity index is 1250. The number of nitrogens with two attached hydrogens (primary N) is 2. The van der Waals surface area contributed by atoms with Crippen molar-refractivity contribution in [2.24, 2.45) is 0 Å². The Hall–Kier alpha value is -3.26. The number of hydrogen-bond acceptors (Lipinski definition) is 12. The van der Waals surface area contributed by atoms with Gasteiger partial charge in [-0.3, -0.25) is 18.7 Å². The zero-order chi connectivity index (χ0) is 30.2. The first kappa shape index (κ1) is 32.3. The highest BCUT2D eigenvalue weighted by atomic mass is 31.2. The molecular formula is C25H41N8O7P. The van der Waals surface area contributed by atoms with E-state index in [4.69, 9.17) is 25.7 Å². The maximum Gasteiger partial charge on any atom is 0.323 e. The van der Waals surface area contributed by atoms with E-state index in [0.29, 0.717) is 24.1 Å². The van der Waals surface area contributed by atoms with Crippen molar-refractivity contribution in [1.82, 2.24) is 29.7 Å². The molecule has 0 saturated heterocycles. The van der Waals surface area contributed by atoms with Crippen LogP contribution in [0.1, 0.15) is 66.0 Å². The molecule has 1 aliphatic heterocycles.